The van der Waals surface area contributed by atoms with Gasteiger partial charge in [0.1, 0.15) is 5.60 Å². The van der Waals surface area contributed by atoms with Crippen molar-refractivity contribution in [2.24, 2.45) is 0 Å². The van der Waals surface area contributed by atoms with E-state index in [1.165, 1.54) is 6.92 Å². The molecule has 1 atom stereocenters. The van der Waals surface area contributed by atoms with Gasteiger partial charge in [0.15, 0.2) is 14.6 Å². The third kappa shape index (κ3) is 3.48. The van der Waals surface area contributed by atoms with E-state index in [4.69, 9.17) is 4.74 Å². The number of carbonyl (C=O) groups is 1. The van der Waals surface area contributed by atoms with Crippen LogP contribution in [0.15, 0.2) is 0 Å². The number of sulfone groups is 1. The molecule has 0 aromatic rings. The Kier molecular flexibility index (Phi) is 3.96. The van der Waals surface area contributed by atoms with E-state index in [9.17, 15) is 13.2 Å². The lowest BCUT2D eigenvalue weighted by Gasteiger charge is -2.29. The van der Waals surface area contributed by atoms with Gasteiger partial charge in [0, 0.05) is 6.26 Å². The Bertz CT molecular complexity index is 337. The fourth-order valence-electron chi connectivity index (χ4n) is 0.944. The van der Waals surface area contributed by atoms with Gasteiger partial charge in [-0.15, -0.1) is 0 Å². The molecule has 15 heavy (non-hydrogen) atoms. The molecule has 0 aromatic carbocycles. The number of hydrogen-bond donors (Lipinski definition) is 0. The van der Waals surface area contributed by atoms with Gasteiger partial charge < -0.3 is 4.74 Å². The van der Waals surface area contributed by atoms with Crippen molar-refractivity contribution in [3.05, 3.63) is 0 Å². The molecule has 0 N–H and O–H groups in total. The van der Waals surface area contributed by atoms with Crippen LogP contribution in [0.1, 0.15) is 41.0 Å². The maximum absolute atomic E-state index is 11.8. The van der Waals surface area contributed by atoms with Crippen molar-refractivity contribution in [1.82, 2.24) is 0 Å². The van der Waals surface area contributed by atoms with Gasteiger partial charge in [-0.2, -0.15) is 0 Å². The predicted molar refractivity (Wildman–Crippen MR) is 59.4 cm³/mol. The summed E-state index contributed by atoms with van der Waals surface area (Å²) in [4.78, 5) is 11.8. The molecule has 0 amide bonds. The quantitative estimate of drug-likeness (QED) is 0.697. The fraction of sp³-hybridized carbons (Fsp3) is 0.900. The number of carbonyl (C=O) groups excluding carboxylic acids is 1. The second-order valence-electron chi connectivity index (χ2n) is 4.86. The normalized spacial score (nSPS) is 16.9. The summed E-state index contributed by atoms with van der Waals surface area (Å²) in [6, 6.07) is 0. The third-order valence-corrected chi connectivity index (χ3v) is 4.42. The van der Waals surface area contributed by atoms with Crippen molar-refractivity contribution >= 4 is 15.8 Å². The fourth-order valence-corrected chi connectivity index (χ4v) is 1.81. The minimum absolute atomic E-state index is 0.209. The molecular weight excluding hydrogens is 216 g/mol. The number of hydrogen-bond acceptors (Lipinski definition) is 4. The van der Waals surface area contributed by atoms with Gasteiger partial charge in [0.05, 0.1) is 0 Å². The zero-order valence-electron chi connectivity index (χ0n) is 10.2. The van der Waals surface area contributed by atoms with Crippen LogP contribution in [-0.4, -0.2) is 31.0 Å². The largest absolute Gasteiger partial charge is 0.459 e. The Morgan fingerprint density at radius 1 is 1.20 bits per heavy atom. The van der Waals surface area contributed by atoms with Crippen molar-refractivity contribution in [2.45, 2.75) is 51.4 Å². The maximum Gasteiger partial charge on any atom is 0.327 e. The van der Waals surface area contributed by atoms with E-state index in [0.717, 1.165) is 6.26 Å². The molecule has 4 nitrogen and oxygen atoms in total. The summed E-state index contributed by atoms with van der Waals surface area (Å²) >= 11 is 0. The summed E-state index contributed by atoms with van der Waals surface area (Å²) in [5.41, 5.74) is -0.668. The van der Waals surface area contributed by atoms with Crippen molar-refractivity contribution in [1.29, 1.82) is 0 Å². The molecule has 5 heteroatoms. The first kappa shape index (κ1) is 14.4. The second kappa shape index (κ2) is 4.12. The number of rotatable bonds is 3. The van der Waals surface area contributed by atoms with E-state index in [2.05, 4.69) is 0 Å². The average Bonchev–Trinajstić information content (AvgIpc) is 1.97. The van der Waals surface area contributed by atoms with Crippen molar-refractivity contribution in [2.75, 3.05) is 6.26 Å². The minimum Gasteiger partial charge on any atom is -0.459 e. The molecule has 0 rings (SSSR count). The van der Waals surface area contributed by atoms with Gasteiger partial charge in [-0.25, -0.2) is 8.42 Å². The van der Waals surface area contributed by atoms with Crippen LogP contribution in [0, 0.1) is 0 Å². The first-order valence-corrected chi connectivity index (χ1v) is 6.76. The minimum atomic E-state index is -3.46. The van der Waals surface area contributed by atoms with Gasteiger partial charge in [-0.3, -0.25) is 4.79 Å². The highest BCUT2D eigenvalue weighted by Crippen LogP contribution is 2.24. The lowest BCUT2D eigenvalue weighted by molar-refractivity contribution is -0.157. The monoisotopic (exact) mass is 236 g/mol. The van der Waals surface area contributed by atoms with Gasteiger partial charge in [-0.05, 0) is 34.1 Å². The van der Waals surface area contributed by atoms with Crippen LogP contribution < -0.4 is 0 Å². The Morgan fingerprint density at radius 3 is 1.80 bits per heavy atom. The van der Waals surface area contributed by atoms with E-state index in [-0.39, 0.29) is 6.42 Å². The van der Waals surface area contributed by atoms with E-state index >= 15 is 0 Å². The van der Waals surface area contributed by atoms with Crippen molar-refractivity contribution in [3.63, 3.8) is 0 Å². The summed E-state index contributed by atoms with van der Waals surface area (Å²) in [6.07, 6.45) is 1.27. The smallest absolute Gasteiger partial charge is 0.327 e. The molecule has 90 valence electrons. The van der Waals surface area contributed by atoms with Crippen LogP contribution in [0.25, 0.3) is 0 Å². The summed E-state index contributed by atoms with van der Waals surface area (Å²) in [7, 11) is -3.46. The van der Waals surface area contributed by atoms with Crippen LogP contribution in [-0.2, 0) is 19.4 Å². The Morgan fingerprint density at radius 2 is 1.60 bits per heavy atom. The van der Waals surface area contributed by atoms with Crippen molar-refractivity contribution < 1.29 is 17.9 Å². The third-order valence-electron chi connectivity index (χ3n) is 2.32. The molecule has 0 aliphatic heterocycles. The van der Waals surface area contributed by atoms with E-state index in [1.807, 2.05) is 0 Å². The van der Waals surface area contributed by atoms with Crippen LogP contribution in [0.3, 0.4) is 0 Å². The standard InChI is InChI=1S/C10H20O4S/c1-7-10(5,15(6,12)13)8(11)14-9(2,3)4/h7H2,1-6H3. The maximum atomic E-state index is 11.8. The molecule has 0 saturated heterocycles. The van der Waals surface area contributed by atoms with Crippen LogP contribution in [0.5, 0.6) is 0 Å². The summed E-state index contributed by atoms with van der Waals surface area (Å²) in [6.45, 7) is 8.19. The summed E-state index contributed by atoms with van der Waals surface area (Å²) in [5.74, 6) is -0.681. The van der Waals surface area contributed by atoms with Gasteiger partial charge in [0.2, 0.25) is 0 Å². The highest BCUT2D eigenvalue weighted by atomic mass is 32.2. The summed E-state index contributed by atoms with van der Waals surface area (Å²) in [5, 5.41) is 0. The topological polar surface area (TPSA) is 60.4 Å². The average molecular weight is 236 g/mol. The highest BCUT2D eigenvalue weighted by Gasteiger charge is 2.44. The molecule has 1 unspecified atom stereocenters. The molecule has 0 saturated carbocycles. The zero-order valence-corrected chi connectivity index (χ0v) is 11.1. The van der Waals surface area contributed by atoms with Gasteiger partial charge in [-0.1, -0.05) is 6.92 Å². The molecule has 0 bridgehead atoms. The van der Waals surface area contributed by atoms with E-state index in [0.29, 0.717) is 0 Å². The summed E-state index contributed by atoms with van der Waals surface area (Å²) < 4.78 is 26.7. The molecule has 0 spiro atoms. The molecular formula is C10H20O4S. The van der Waals surface area contributed by atoms with E-state index < -0.39 is 26.2 Å². The Hall–Kier alpha value is -0.580. The molecule has 0 radical (unpaired) electrons. The Labute approximate surface area is 91.9 Å². The molecule has 0 fully saturated rings. The van der Waals surface area contributed by atoms with Gasteiger partial charge >= 0.3 is 5.97 Å². The highest BCUT2D eigenvalue weighted by molar-refractivity contribution is 7.92. The van der Waals surface area contributed by atoms with Crippen LogP contribution >= 0.6 is 0 Å². The van der Waals surface area contributed by atoms with Crippen LogP contribution in [0.4, 0.5) is 0 Å². The molecule has 0 heterocycles. The first-order chi connectivity index (χ1) is 6.44. The lowest BCUT2D eigenvalue weighted by Crippen LogP contribution is -2.46. The van der Waals surface area contributed by atoms with E-state index in [1.54, 1.807) is 27.7 Å². The number of esters is 1. The zero-order chi connectivity index (χ0) is 12.5. The first-order valence-electron chi connectivity index (χ1n) is 4.87. The Balaban J connectivity index is 5.10. The predicted octanol–water partition coefficient (Wildman–Crippen LogP) is 1.54. The van der Waals surface area contributed by atoms with Gasteiger partial charge in [0.25, 0.3) is 0 Å². The lowest BCUT2D eigenvalue weighted by atomic mass is 10.1. The molecule has 0 aromatic heterocycles. The molecule has 0 aliphatic carbocycles. The van der Waals surface area contributed by atoms with Crippen molar-refractivity contribution in [3.8, 4) is 0 Å². The second-order valence-corrected chi connectivity index (χ2v) is 7.30. The SMILES string of the molecule is CCC(C)(C(=O)OC(C)(C)C)S(C)(=O)=O. The number of ether oxygens (including phenoxy) is 1. The van der Waals surface area contributed by atoms with Crippen LogP contribution in [0.2, 0.25) is 0 Å². The molecule has 0 aliphatic rings.